The van der Waals surface area contributed by atoms with E-state index in [1.165, 1.54) is 21.1 Å². The molecule has 21 heavy (non-hydrogen) atoms. The van der Waals surface area contributed by atoms with Gasteiger partial charge in [-0.1, -0.05) is 6.07 Å². The quantitative estimate of drug-likeness (QED) is 0.887. The van der Waals surface area contributed by atoms with Crippen LogP contribution in [0, 0.1) is 11.3 Å². The fourth-order valence-electron chi connectivity index (χ4n) is 1.80. The van der Waals surface area contributed by atoms with Crippen molar-refractivity contribution >= 4 is 39.3 Å². The van der Waals surface area contributed by atoms with Gasteiger partial charge >= 0.3 is 0 Å². The Morgan fingerprint density at radius 2 is 2.29 bits per heavy atom. The number of nitrogens with one attached hydrogen (secondary N) is 1. The van der Waals surface area contributed by atoms with Gasteiger partial charge in [-0.15, -0.1) is 22.7 Å². The number of nitrogens with two attached hydrogens (primary N) is 1. The number of nitrogen functional groups attached to an aromatic ring is 1. The number of nitriles is 1. The Morgan fingerprint density at radius 3 is 2.86 bits per heavy atom. The van der Waals surface area contributed by atoms with Crippen LogP contribution < -0.4 is 11.1 Å². The van der Waals surface area contributed by atoms with Gasteiger partial charge in [0.2, 0.25) is 0 Å². The summed E-state index contributed by atoms with van der Waals surface area (Å²) in [4.78, 5) is 15.2. The second-order valence-corrected chi connectivity index (χ2v) is 6.67. The summed E-state index contributed by atoms with van der Waals surface area (Å²) in [5.74, 6) is -0.180. The molecule has 7 heteroatoms. The molecule has 0 aliphatic heterocycles. The van der Waals surface area contributed by atoms with Crippen molar-refractivity contribution in [2.24, 2.45) is 0 Å². The van der Waals surface area contributed by atoms with Crippen molar-refractivity contribution in [1.29, 1.82) is 5.26 Å². The van der Waals surface area contributed by atoms with Crippen LogP contribution in [0.5, 0.6) is 0 Å². The molecule has 1 amide bonds. The molecule has 2 rings (SSSR count). The number of carbonyl (C=O) groups excluding carboxylic acids is 1. The molecule has 0 bridgehead atoms. The summed E-state index contributed by atoms with van der Waals surface area (Å²) in [5.41, 5.74) is 6.54. The van der Waals surface area contributed by atoms with Crippen molar-refractivity contribution in [3.8, 4) is 6.07 Å². The highest BCUT2D eigenvalue weighted by Gasteiger charge is 2.21. The Bertz CT molecular complexity index is 668. The first-order valence-corrected chi connectivity index (χ1v) is 8.04. The molecule has 0 aliphatic carbocycles. The maximum absolute atomic E-state index is 12.0. The maximum Gasteiger partial charge on any atom is 0.265 e. The Balaban J connectivity index is 2.14. The molecular weight excluding hydrogens is 304 g/mol. The summed E-state index contributed by atoms with van der Waals surface area (Å²) in [6.07, 6.45) is 0.872. The molecule has 0 aromatic carbocycles. The summed E-state index contributed by atoms with van der Waals surface area (Å²) in [6.45, 7) is 0.699. The molecule has 0 atom stereocenters. The van der Waals surface area contributed by atoms with E-state index in [4.69, 9.17) is 5.73 Å². The zero-order chi connectivity index (χ0) is 15.4. The minimum atomic E-state index is -0.180. The number of thiophene rings is 2. The average molecular weight is 320 g/mol. The predicted octanol–water partition coefficient (Wildman–Crippen LogP) is 2.62. The molecule has 110 valence electrons. The summed E-state index contributed by atoms with van der Waals surface area (Å²) >= 11 is 2.94. The van der Waals surface area contributed by atoms with Crippen molar-refractivity contribution in [1.82, 2.24) is 4.90 Å². The molecule has 2 aromatic rings. The zero-order valence-electron chi connectivity index (χ0n) is 11.8. The third-order valence-electron chi connectivity index (χ3n) is 2.89. The number of anilines is 2. The van der Waals surface area contributed by atoms with E-state index in [1.807, 2.05) is 11.4 Å². The van der Waals surface area contributed by atoms with E-state index < -0.39 is 0 Å². The van der Waals surface area contributed by atoms with Gasteiger partial charge in [0.1, 0.15) is 21.5 Å². The number of carbonyl (C=O) groups is 1. The molecule has 5 nitrogen and oxygen atoms in total. The Morgan fingerprint density at radius 1 is 1.52 bits per heavy atom. The molecule has 0 aliphatic rings. The van der Waals surface area contributed by atoms with Crippen LogP contribution in [0.4, 0.5) is 10.7 Å². The van der Waals surface area contributed by atoms with Gasteiger partial charge in [-0.05, 0) is 17.9 Å². The van der Waals surface area contributed by atoms with E-state index in [1.54, 1.807) is 25.4 Å². The maximum atomic E-state index is 12.0. The van der Waals surface area contributed by atoms with Crippen molar-refractivity contribution in [2.75, 3.05) is 31.7 Å². The number of rotatable bonds is 5. The van der Waals surface area contributed by atoms with Crippen LogP contribution in [0.2, 0.25) is 0 Å². The van der Waals surface area contributed by atoms with Gasteiger partial charge in [0.05, 0.1) is 5.69 Å². The number of hydrogen-bond acceptors (Lipinski definition) is 6. The Labute approximate surface area is 131 Å². The van der Waals surface area contributed by atoms with Crippen LogP contribution >= 0.6 is 22.7 Å². The predicted molar refractivity (Wildman–Crippen MR) is 88.0 cm³/mol. The van der Waals surface area contributed by atoms with Gasteiger partial charge in [0.25, 0.3) is 5.91 Å². The lowest BCUT2D eigenvalue weighted by molar-refractivity contribution is 0.0833. The van der Waals surface area contributed by atoms with Crippen molar-refractivity contribution in [3.05, 3.63) is 32.8 Å². The van der Waals surface area contributed by atoms with E-state index in [0.29, 0.717) is 22.0 Å². The Hall–Kier alpha value is -2.04. The van der Waals surface area contributed by atoms with E-state index in [-0.39, 0.29) is 11.6 Å². The fourth-order valence-corrected chi connectivity index (χ4v) is 3.62. The monoisotopic (exact) mass is 320 g/mol. The number of nitrogens with zero attached hydrogens (tertiary/aromatic N) is 2. The third-order valence-corrected chi connectivity index (χ3v) is 4.98. The third kappa shape index (κ3) is 3.35. The summed E-state index contributed by atoms with van der Waals surface area (Å²) in [7, 11) is 3.33. The van der Waals surface area contributed by atoms with Gasteiger partial charge < -0.3 is 16.0 Å². The first-order valence-electron chi connectivity index (χ1n) is 6.34. The molecule has 3 N–H and O–H groups in total. The first-order chi connectivity index (χ1) is 10.0. The zero-order valence-corrected chi connectivity index (χ0v) is 13.5. The lowest BCUT2D eigenvalue weighted by Gasteiger charge is -2.08. The van der Waals surface area contributed by atoms with Gasteiger partial charge in [-0.3, -0.25) is 4.79 Å². The first kappa shape index (κ1) is 15.4. The average Bonchev–Trinajstić information content (AvgIpc) is 3.06. The highest BCUT2D eigenvalue weighted by atomic mass is 32.1. The van der Waals surface area contributed by atoms with E-state index in [9.17, 15) is 10.1 Å². The molecule has 0 fully saturated rings. The second kappa shape index (κ2) is 6.61. The van der Waals surface area contributed by atoms with E-state index in [0.717, 1.165) is 6.42 Å². The molecule has 0 unspecified atom stereocenters. The van der Waals surface area contributed by atoms with Crippen molar-refractivity contribution < 1.29 is 4.79 Å². The summed E-state index contributed by atoms with van der Waals surface area (Å²) in [5, 5.41) is 15.1. The second-order valence-electron chi connectivity index (χ2n) is 4.62. The highest BCUT2D eigenvalue weighted by molar-refractivity contribution is 7.19. The number of hydrogen-bond donors (Lipinski definition) is 2. The molecule has 0 radical (unpaired) electrons. The standard InChI is InChI=1S/C14H16N4OS2/c1-18(2)14(19)12-11(16)10(8-15)13(21-12)17-6-5-9-4-3-7-20-9/h3-4,7,17H,5-6,16H2,1-2H3. The topological polar surface area (TPSA) is 82.2 Å². The molecule has 2 heterocycles. The highest BCUT2D eigenvalue weighted by Crippen LogP contribution is 2.35. The minimum absolute atomic E-state index is 0.180. The summed E-state index contributed by atoms with van der Waals surface area (Å²) in [6, 6.07) is 6.16. The van der Waals surface area contributed by atoms with Gasteiger partial charge in [-0.25, -0.2) is 0 Å². The normalized spacial score (nSPS) is 10.1. The molecule has 0 saturated heterocycles. The Kier molecular flexibility index (Phi) is 4.83. The van der Waals surface area contributed by atoms with Crippen LogP contribution in [0.1, 0.15) is 20.1 Å². The lowest BCUT2D eigenvalue weighted by atomic mass is 10.2. The largest absolute Gasteiger partial charge is 0.396 e. The minimum Gasteiger partial charge on any atom is -0.396 e. The summed E-state index contributed by atoms with van der Waals surface area (Å²) < 4.78 is 0. The fraction of sp³-hybridized carbons (Fsp3) is 0.286. The van der Waals surface area contributed by atoms with E-state index >= 15 is 0 Å². The lowest BCUT2D eigenvalue weighted by Crippen LogP contribution is -2.21. The van der Waals surface area contributed by atoms with Gasteiger partial charge in [0, 0.05) is 25.5 Å². The van der Waals surface area contributed by atoms with Crippen LogP contribution in [-0.2, 0) is 6.42 Å². The molecule has 0 saturated carbocycles. The van der Waals surface area contributed by atoms with Crippen LogP contribution in [0.25, 0.3) is 0 Å². The van der Waals surface area contributed by atoms with Crippen LogP contribution in [0.3, 0.4) is 0 Å². The number of amides is 1. The smallest absolute Gasteiger partial charge is 0.265 e. The van der Waals surface area contributed by atoms with Crippen LogP contribution in [0.15, 0.2) is 17.5 Å². The van der Waals surface area contributed by atoms with Crippen molar-refractivity contribution in [2.45, 2.75) is 6.42 Å². The molecular formula is C14H16N4OS2. The van der Waals surface area contributed by atoms with E-state index in [2.05, 4.69) is 17.5 Å². The molecule has 0 spiro atoms. The van der Waals surface area contributed by atoms with Gasteiger partial charge in [-0.2, -0.15) is 5.26 Å². The van der Waals surface area contributed by atoms with Gasteiger partial charge in [0.15, 0.2) is 0 Å². The van der Waals surface area contributed by atoms with Crippen LogP contribution in [-0.4, -0.2) is 31.4 Å². The molecule has 2 aromatic heterocycles. The van der Waals surface area contributed by atoms with Crippen molar-refractivity contribution in [3.63, 3.8) is 0 Å². The SMILES string of the molecule is CN(C)C(=O)c1sc(NCCc2cccs2)c(C#N)c1N.